The largest absolute Gasteiger partial charge is 0.697 e. The summed E-state index contributed by atoms with van der Waals surface area (Å²) in [6, 6.07) is 0. The van der Waals surface area contributed by atoms with Crippen LogP contribution in [-0.4, -0.2) is 58.0 Å². The van der Waals surface area contributed by atoms with Crippen LogP contribution >= 0.6 is 8.25 Å². The lowest BCUT2D eigenvalue weighted by atomic mass is 10.4. The van der Waals surface area contributed by atoms with E-state index >= 15 is 0 Å². The van der Waals surface area contributed by atoms with E-state index in [0.717, 1.165) is 11.0 Å². The topological polar surface area (TPSA) is 61.8 Å². The lowest BCUT2D eigenvalue weighted by Crippen LogP contribution is -2.37. The van der Waals surface area contributed by atoms with Gasteiger partial charge < -0.3 is 9.22 Å². The van der Waals surface area contributed by atoms with Crippen molar-refractivity contribution in [1.82, 2.24) is 0 Å². The average Bonchev–Trinajstić information content (AvgIpc) is 2.22. The summed E-state index contributed by atoms with van der Waals surface area (Å²) in [5.41, 5.74) is 0.318. The minimum Gasteiger partial charge on any atom is -0.460 e. The fourth-order valence-corrected chi connectivity index (χ4v) is 1.32. The maximum Gasteiger partial charge on any atom is 0.697 e. The fraction of sp³-hybridized carbons (Fsp3) is 0.727. The van der Waals surface area contributed by atoms with Crippen LogP contribution in [0.2, 0.25) is 0 Å². The Balaban J connectivity index is 3.54. The molecule has 6 nitrogen and oxygen atoms in total. The molecule has 0 aliphatic carbocycles. The van der Waals surface area contributed by atoms with Crippen molar-refractivity contribution in [2.75, 3.05) is 47.5 Å². The minimum atomic E-state index is -2.15. The van der Waals surface area contributed by atoms with Gasteiger partial charge in [-0.3, -0.25) is 0 Å². The van der Waals surface area contributed by atoms with E-state index in [0.29, 0.717) is 12.2 Å². The number of rotatable bonds is 9. The molecule has 0 rings (SSSR count). The molecule has 0 saturated carbocycles. The predicted octanol–water partition coefficient (Wildman–Crippen LogP) is 1.50. The number of likely N-dealkylation sites (N-methyl/N-ethyl adjacent to an activating group) is 1. The van der Waals surface area contributed by atoms with Crippen LogP contribution in [0.25, 0.3) is 0 Å². The Morgan fingerprint density at radius 1 is 1.17 bits per heavy atom. The quantitative estimate of drug-likeness (QED) is 0.210. The Hall–Kier alpha value is -0.810. The number of hydrogen-bond donors (Lipinski definition) is 0. The first-order valence-corrected chi connectivity index (χ1v) is 6.68. The van der Waals surface area contributed by atoms with Crippen LogP contribution < -0.4 is 0 Å². The lowest BCUT2D eigenvalue weighted by molar-refractivity contribution is -0.870. The van der Waals surface area contributed by atoms with E-state index in [2.05, 4.69) is 6.58 Å². The number of quaternary nitrogens is 1. The monoisotopic (exact) mass is 279 g/mol. The third kappa shape index (κ3) is 10.4. The molecule has 7 heteroatoms. The summed E-state index contributed by atoms with van der Waals surface area (Å²) in [6.07, 6.45) is 0. The molecule has 1 unspecified atom stereocenters. The van der Waals surface area contributed by atoms with Crippen LogP contribution in [0, 0.1) is 0 Å². The van der Waals surface area contributed by atoms with E-state index in [1.165, 1.54) is 0 Å². The van der Waals surface area contributed by atoms with Crippen molar-refractivity contribution in [2.24, 2.45) is 0 Å². The third-order valence-electron chi connectivity index (χ3n) is 1.82. The van der Waals surface area contributed by atoms with Crippen LogP contribution in [0.1, 0.15) is 6.92 Å². The molecule has 0 fully saturated rings. The lowest BCUT2D eigenvalue weighted by Gasteiger charge is -2.21. The summed E-state index contributed by atoms with van der Waals surface area (Å²) in [7, 11) is 3.87. The maximum atomic E-state index is 11.2. The van der Waals surface area contributed by atoms with Crippen molar-refractivity contribution in [3.63, 3.8) is 0 Å². The van der Waals surface area contributed by atoms with Gasteiger partial charge in [-0.15, -0.1) is 9.05 Å². The van der Waals surface area contributed by atoms with E-state index < -0.39 is 14.2 Å². The normalized spacial score (nSPS) is 12.1. The van der Waals surface area contributed by atoms with Crippen molar-refractivity contribution in [1.29, 1.82) is 0 Å². The Kier molecular flexibility index (Phi) is 7.95. The van der Waals surface area contributed by atoms with Gasteiger partial charge in [0.05, 0.1) is 21.1 Å². The highest BCUT2D eigenvalue weighted by Gasteiger charge is 2.22. The zero-order valence-corrected chi connectivity index (χ0v) is 12.4. The van der Waals surface area contributed by atoms with Crippen molar-refractivity contribution in [2.45, 2.75) is 6.92 Å². The van der Waals surface area contributed by atoms with Crippen molar-refractivity contribution in [3.8, 4) is 0 Å². The molecule has 0 aromatic rings. The molecule has 0 aliphatic rings. The van der Waals surface area contributed by atoms with Crippen LogP contribution in [0.5, 0.6) is 0 Å². The summed E-state index contributed by atoms with van der Waals surface area (Å²) >= 11 is 0. The molecular formula is C11H22NO5P+2. The first-order chi connectivity index (χ1) is 8.22. The fourth-order valence-electron chi connectivity index (χ4n) is 0.796. The van der Waals surface area contributed by atoms with Gasteiger partial charge in [0, 0.05) is 10.1 Å². The Labute approximate surface area is 109 Å². The third-order valence-corrected chi connectivity index (χ3v) is 2.61. The molecule has 0 saturated heterocycles. The van der Waals surface area contributed by atoms with Gasteiger partial charge in [-0.2, -0.15) is 0 Å². The number of nitrogens with zero attached hydrogens (tertiary/aromatic N) is 1. The first kappa shape index (κ1) is 17.2. The van der Waals surface area contributed by atoms with Gasteiger partial charge in [0.15, 0.2) is 6.61 Å². The van der Waals surface area contributed by atoms with Gasteiger partial charge in [-0.25, -0.2) is 4.79 Å². The SMILES string of the molecule is C=C(C)C(=O)OCCO[P+](=O)OCC[N+](C)(C)C. The molecule has 0 bridgehead atoms. The Bertz CT molecular complexity index is 311. The summed E-state index contributed by atoms with van der Waals surface area (Å²) in [5, 5.41) is 0. The number of carbonyl (C=O) groups is 1. The molecule has 0 N–H and O–H groups in total. The highest BCUT2D eigenvalue weighted by molar-refractivity contribution is 7.33. The van der Waals surface area contributed by atoms with Gasteiger partial charge in [0.1, 0.15) is 19.8 Å². The van der Waals surface area contributed by atoms with E-state index in [1.807, 2.05) is 21.1 Å². The van der Waals surface area contributed by atoms with Gasteiger partial charge in [0.25, 0.3) is 0 Å². The van der Waals surface area contributed by atoms with Crippen molar-refractivity contribution in [3.05, 3.63) is 12.2 Å². The second kappa shape index (κ2) is 8.32. The second-order valence-corrected chi connectivity index (χ2v) is 5.78. The molecule has 0 heterocycles. The molecule has 104 valence electrons. The Morgan fingerprint density at radius 2 is 1.72 bits per heavy atom. The van der Waals surface area contributed by atoms with Crippen molar-refractivity contribution < 1.29 is 27.6 Å². The van der Waals surface area contributed by atoms with Gasteiger partial charge >= 0.3 is 14.2 Å². The smallest absolute Gasteiger partial charge is 0.460 e. The van der Waals surface area contributed by atoms with E-state index in [9.17, 15) is 9.36 Å². The molecular weight excluding hydrogens is 257 g/mol. The minimum absolute atomic E-state index is 0.0332. The summed E-state index contributed by atoms with van der Waals surface area (Å²) in [5.74, 6) is -0.486. The first-order valence-electron chi connectivity index (χ1n) is 5.58. The van der Waals surface area contributed by atoms with Crippen molar-refractivity contribution >= 4 is 14.2 Å². The molecule has 0 radical (unpaired) electrons. The molecule has 18 heavy (non-hydrogen) atoms. The highest BCUT2D eigenvalue weighted by atomic mass is 31.1. The van der Waals surface area contributed by atoms with Gasteiger partial charge in [-0.05, 0) is 6.92 Å². The molecule has 0 amide bonds. The average molecular weight is 279 g/mol. The second-order valence-electron chi connectivity index (χ2n) is 4.82. The summed E-state index contributed by atoms with van der Waals surface area (Å²) < 4.78 is 26.6. The number of hydrogen-bond acceptors (Lipinski definition) is 5. The highest BCUT2D eigenvalue weighted by Crippen LogP contribution is 2.22. The van der Waals surface area contributed by atoms with E-state index in [1.54, 1.807) is 6.92 Å². The van der Waals surface area contributed by atoms with Crippen LogP contribution in [0.4, 0.5) is 0 Å². The zero-order valence-electron chi connectivity index (χ0n) is 11.5. The number of esters is 1. The van der Waals surface area contributed by atoms with Gasteiger partial charge in [-0.1, -0.05) is 6.58 Å². The predicted molar refractivity (Wildman–Crippen MR) is 68.2 cm³/mol. The molecule has 0 aromatic heterocycles. The molecule has 0 spiro atoms. The maximum absolute atomic E-state index is 11.2. The molecule has 0 aromatic carbocycles. The number of carbonyl (C=O) groups excluding carboxylic acids is 1. The van der Waals surface area contributed by atoms with Crippen LogP contribution in [0.3, 0.4) is 0 Å². The standard InChI is InChI=1S/C11H22NO5P/c1-10(2)11(13)15-8-9-17-18(14)16-7-6-12(3,4)5/h1,6-9H2,2-5H3/q+2. The number of ether oxygens (including phenoxy) is 1. The molecule has 1 atom stereocenters. The summed E-state index contributed by atoms with van der Waals surface area (Å²) in [4.78, 5) is 11.0. The van der Waals surface area contributed by atoms with E-state index in [4.69, 9.17) is 13.8 Å². The van der Waals surface area contributed by atoms with E-state index in [-0.39, 0.29) is 13.2 Å². The summed E-state index contributed by atoms with van der Waals surface area (Å²) in [6.45, 7) is 6.14. The van der Waals surface area contributed by atoms with Crippen LogP contribution in [-0.2, 0) is 23.1 Å². The van der Waals surface area contributed by atoms with Gasteiger partial charge in [0.2, 0.25) is 0 Å². The Morgan fingerprint density at radius 3 is 2.22 bits per heavy atom. The van der Waals surface area contributed by atoms with Crippen LogP contribution in [0.15, 0.2) is 12.2 Å². The molecule has 0 aliphatic heterocycles. The zero-order chi connectivity index (χ0) is 14.2.